The van der Waals surface area contributed by atoms with Gasteiger partial charge in [-0.25, -0.2) is 0 Å². The Kier molecular flexibility index (Phi) is 7.81. The van der Waals surface area contributed by atoms with Crippen LogP contribution in [-0.2, 0) is 9.47 Å². The Morgan fingerprint density at radius 3 is 0.780 bits per heavy atom. The molecule has 0 N–H and O–H groups in total. The van der Waals surface area contributed by atoms with Gasteiger partial charge in [-0.2, -0.15) is 0 Å². The van der Waals surface area contributed by atoms with E-state index in [1.807, 2.05) is 48.5 Å². The van der Waals surface area contributed by atoms with Gasteiger partial charge >= 0.3 is 0 Å². The first kappa shape index (κ1) is 31.2. The third-order valence-electron chi connectivity index (χ3n) is 11.1. The number of fused-ring (bicyclic) bond motifs is 4. The number of benzene rings is 4. The number of hydrogen-bond acceptors (Lipinski definition) is 10. The molecule has 6 aliphatic rings. The van der Waals surface area contributed by atoms with Crippen molar-refractivity contribution in [3.63, 3.8) is 0 Å². The Morgan fingerprint density at radius 1 is 0.320 bits per heavy atom. The molecule has 6 heterocycles. The van der Waals surface area contributed by atoms with Gasteiger partial charge in [0.25, 0.3) is 0 Å². The molecule has 0 saturated carbocycles. The van der Waals surface area contributed by atoms with E-state index in [0.717, 1.165) is 68.2 Å². The van der Waals surface area contributed by atoms with Gasteiger partial charge in [-0.3, -0.25) is 0 Å². The summed E-state index contributed by atoms with van der Waals surface area (Å²) >= 11 is 0. The monoisotopic (exact) mass is 680 g/mol. The molecule has 2 fully saturated rings. The molecule has 10 rings (SSSR count). The van der Waals surface area contributed by atoms with Crippen molar-refractivity contribution in [2.75, 3.05) is 27.2 Å². The highest BCUT2D eigenvalue weighted by Gasteiger charge is 2.42. The maximum atomic E-state index is 6.48. The van der Waals surface area contributed by atoms with E-state index in [1.54, 1.807) is 0 Å². The Morgan fingerprint density at radius 2 is 0.540 bits per heavy atom. The highest BCUT2D eigenvalue weighted by molar-refractivity contribution is 5.48. The first-order valence-corrected chi connectivity index (χ1v) is 17.3. The van der Waals surface area contributed by atoms with Gasteiger partial charge < -0.3 is 47.4 Å². The summed E-state index contributed by atoms with van der Waals surface area (Å²) in [7, 11) is 0. The predicted octanol–water partition coefficient (Wildman–Crippen LogP) is 8.46. The van der Waals surface area contributed by atoms with E-state index < -0.39 is 0 Å². The van der Waals surface area contributed by atoms with Crippen LogP contribution in [0.3, 0.4) is 0 Å². The molecule has 8 atom stereocenters. The fraction of sp³-hybridized carbons (Fsp3) is 0.400. The minimum absolute atomic E-state index is 0.0277. The molecule has 50 heavy (non-hydrogen) atoms. The summed E-state index contributed by atoms with van der Waals surface area (Å²) in [6, 6.07) is 24.3. The zero-order valence-corrected chi connectivity index (χ0v) is 28.5. The minimum atomic E-state index is 0.0277. The molecule has 4 aromatic rings. The highest BCUT2D eigenvalue weighted by atomic mass is 16.7. The lowest BCUT2D eigenvalue weighted by atomic mass is 9.85. The third kappa shape index (κ3) is 5.41. The van der Waals surface area contributed by atoms with Gasteiger partial charge in [-0.1, -0.05) is 52.0 Å². The first-order valence-electron chi connectivity index (χ1n) is 17.3. The van der Waals surface area contributed by atoms with E-state index in [-0.39, 0.29) is 51.6 Å². The zero-order chi connectivity index (χ0) is 33.9. The summed E-state index contributed by atoms with van der Waals surface area (Å²) in [5.41, 5.74) is 4.53. The average Bonchev–Trinajstić information content (AvgIpc) is 4.00. The molecule has 2 saturated heterocycles. The fourth-order valence-electron chi connectivity index (χ4n) is 7.80. The van der Waals surface area contributed by atoms with Gasteiger partial charge in [0.05, 0.1) is 24.4 Å². The predicted molar refractivity (Wildman–Crippen MR) is 180 cm³/mol. The van der Waals surface area contributed by atoms with Crippen molar-refractivity contribution in [2.45, 2.75) is 52.1 Å². The van der Waals surface area contributed by atoms with Crippen LogP contribution in [0.15, 0.2) is 72.8 Å². The molecule has 10 nitrogen and oxygen atoms in total. The average molecular weight is 681 g/mol. The number of hydrogen-bond donors (Lipinski definition) is 0. The maximum absolute atomic E-state index is 6.48. The summed E-state index contributed by atoms with van der Waals surface area (Å²) in [6.45, 7) is 10.1. The van der Waals surface area contributed by atoms with E-state index in [0.29, 0.717) is 23.7 Å². The van der Waals surface area contributed by atoms with E-state index in [9.17, 15) is 0 Å². The van der Waals surface area contributed by atoms with E-state index in [1.165, 1.54) is 0 Å². The highest BCUT2D eigenvalue weighted by Crippen LogP contribution is 2.53. The van der Waals surface area contributed by atoms with Crippen LogP contribution < -0.4 is 37.9 Å². The summed E-state index contributed by atoms with van der Waals surface area (Å²) in [5.74, 6) is 7.94. The summed E-state index contributed by atoms with van der Waals surface area (Å²) < 4.78 is 56.7. The van der Waals surface area contributed by atoms with Crippen LogP contribution in [0, 0.1) is 23.7 Å². The van der Waals surface area contributed by atoms with Crippen molar-refractivity contribution in [1.29, 1.82) is 0 Å². The van der Waals surface area contributed by atoms with Crippen LogP contribution in [0.4, 0.5) is 0 Å². The zero-order valence-electron chi connectivity index (χ0n) is 28.5. The second kappa shape index (κ2) is 12.5. The van der Waals surface area contributed by atoms with Crippen LogP contribution in [0.25, 0.3) is 0 Å². The Hall–Kier alpha value is -4.80. The van der Waals surface area contributed by atoms with Gasteiger partial charge in [0.2, 0.25) is 27.2 Å². The lowest BCUT2D eigenvalue weighted by molar-refractivity contribution is 0.0288. The Labute approximate surface area is 291 Å². The van der Waals surface area contributed by atoms with E-state index in [2.05, 4.69) is 52.0 Å². The maximum Gasteiger partial charge on any atom is 0.231 e. The second-order valence-electron chi connectivity index (χ2n) is 13.8. The summed E-state index contributed by atoms with van der Waals surface area (Å²) in [4.78, 5) is 0. The SMILES string of the molecule is C[C@H]1[C@H](C)[C@@H](c2ccc3c(c2)OCO3)O[C@@H]1c1ccc2c(c1)OCO2.C[C@H]1[C@H](C)[C@@H](c2ccc3c(c2)OCO3)O[C@@H]1c1ccc2c(c1)OCO2. The normalized spacial score (nSPS) is 29.2. The summed E-state index contributed by atoms with van der Waals surface area (Å²) in [5, 5.41) is 0. The fourth-order valence-corrected chi connectivity index (χ4v) is 7.80. The van der Waals surface area contributed by atoms with Crippen molar-refractivity contribution in [1.82, 2.24) is 0 Å². The van der Waals surface area contributed by atoms with Crippen molar-refractivity contribution >= 4 is 0 Å². The van der Waals surface area contributed by atoms with E-state index in [4.69, 9.17) is 47.4 Å². The van der Waals surface area contributed by atoms with Crippen LogP contribution in [0.1, 0.15) is 74.4 Å². The molecule has 4 aromatic carbocycles. The van der Waals surface area contributed by atoms with Gasteiger partial charge in [0.15, 0.2) is 46.0 Å². The molecule has 0 amide bonds. The molecule has 0 aliphatic carbocycles. The quantitative estimate of drug-likeness (QED) is 0.209. The van der Waals surface area contributed by atoms with Crippen LogP contribution in [0.2, 0.25) is 0 Å². The number of rotatable bonds is 4. The topological polar surface area (TPSA) is 92.3 Å². The minimum Gasteiger partial charge on any atom is -0.454 e. The Balaban J connectivity index is 0.000000135. The number of ether oxygens (including phenoxy) is 10. The van der Waals surface area contributed by atoms with Crippen LogP contribution in [-0.4, -0.2) is 27.2 Å². The molecule has 6 aliphatic heterocycles. The second-order valence-corrected chi connectivity index (χ2v) is 13.8. The van der Waals surface area contributed by atoms with Crippen LogP contribution >= 0.6 is 0 Å². The standard InChI is InChI=1S/2C20H20O5/c2*1-11-12(2)20(14-4-6-16-18(8-14)24-10-22-16)25-19(11)13-3-5-15-17(7-13)23-9-21-15/h2*3-8,11-12,19-20H,9-10H2,1-2H3/t2*11-,12-,19-,20-/m00/s1. The van der Waals surface area contributed by atoms with Gasteiger partial charge in [0.1, 0.15) is 0 Å². The molecule has 260 valence electrons. The molecular weight excluding hydrogens is 640 g/mol. The smallest absolute Gasteiger partial charge is 0.231 e. The van der Waals surface area contributed by atoms with Crippen LogP contribution in [0.5, 0.6) is 46.0 Å². The lowest BCUT2D eigenvalue weighted by Crippen LogP contribution is -2.09. The molecular formula is C40H40O10. The lowest BCUT2D eigenvalue weighted by Gasteiger charge is -2.17. The molecule has 0 bridgehead atoms. The van der Waals surface area contributed by atoms with E-state index >= 15 is 0 Å². The van der Waals surface area contributed by atoms with Crippen molar-refractivity contribution in [2.24, 2.45) is 23.7 Å². The third-order valence-corrected chi connectivity index (χ3v) is 11.1. The van der Waals surface area contributed by atoms with Crippen molar-refractivity contribution in [3.8, 4) is 46.0 Å². The molecule has 0 radical (unpaired) electrons. The largest absolute Gasteiger partial charge is 0.454 e. The van der Waals surface area contributed by atoms with Gasteiger partial charge in [-0.15, -0.1) is 0 Å². The molecule has 10 heteroatoms. The molecule has 0 aromatic heterocycles. The molecule has 0 spiro atoms. The van der Waals surface area contributed by atoms with Gasteiger partial charge in [-0.05, 0) is 94.5 Å². The Bertz CT molecular complexity index is 1640. The van der Waals surface area contributed by atoms with Crippen molar-refractivity contribution in [3.05, 3.63) is 95.1 Å². The summed E-state index contributed by atoms with van der Waals surface area (Å²) in [6.07, 6.45) is 0.111. The van der Waals surface area contributed by atoms with Crippen molar-refractivity contribution < 1.29 is 47.4 Å². The van der Waals surface area contributed by atoms with Gasteiger partial charge in [0, 0.05) is 0 Å². The molecule has 0 unspecified atom stereocenters. The first-order chi connectivity index (χ1) is 24.4.